The second-order valence-corrected chi connectivity index (χ2v) is 3.33. The fourth-order valence-corrected chi connectivity index (χ4v) is 1.27. The van der Waals surface area contributed by atoms with Gasteiger partial charge in [0.05, 0.1) is 5.69 Å². The van der Waals surface area contributed by atoms with Gasteiger partial charge in [0.25, 0.3) is 0 Å². The summed E-state index contributed by atoms with van der Waals surface area (Å²) < 4.78 is 5.05. The molecular formula is C14H11NO2. The minimum Gasteiger partial charge on any atom is -0.422 e. The summed E-state index contributed by atoms with van der Waals surface area (Å²) in [5, 5.41) is 0. The number of carbonyl (C=O) groups excluding carboxylic acids is 1. The zero-order chi connectivity index (χ0) is 11.9. The first-order valence-corrected chi connectivity index (χ1v) is 5.20. The summed E-state index contributed by atoms with van der Waals surface area (Å²) >= 11 is 0. The smallest absolute Gasteiger partial charge is 0.354 e. The summed E-state index contributed by atoms with van der Waals surface area (Å²) in [5.74, 6) is 0.0251. The van der Waals surface area contributed by atoms with Crippen molar-refractivity contribution >= 4 is 17.9 Å². The Morgan fingerprint density at radius 1 is 0.941 bits per heavy atom. The molecule has 3 heteroatoms. The van der Waals surface area contributed by atoms with Crippen molar-refractivity contribution in [2.24, 2.45) is 4.99 Å². The van der Waals surface area contributed by atoms with Crippen LogP contribution in [0.2, 0.25) is 0 Å². The van der Waals surface area contributed by atoms with E-state index in [2.05, 4.69) is 4.99 Å². The largest absolute Gasteiger partial charge is 0.422 e. The van der Waals surface area contributed by atoms with E-state index in [1.807, 2.05) is 36.4 Å². The van der Waals surface area contributed by atoms with Gasteiger partial charge >= 0.3 is 5.97 Å². The van der Waals surface area contributed by atoms with E-state index >= 15 is 0 Å². The molecule has 0 aliphatic carbocycles. The van der Waals surface area contributed by atoms with Crippen molar-refractivity contribution in [1.82, 2.24) is 0 Å². The second kappa shape index (κ2) is 5.61. The number of carbonyl (C=O) groups is 1. The first kappa shape index (κ1) is 11.1. The molecule has 0 saturated heterocycles. The molecule has 2 aromatic rings. The van der Waals surface area contributed by atoms with Gasteiger partial charge in [-0.15, -0.1) is 0 Å². The Balaban J connectivity index is 1.96. The number of rotatable bonds is 3. The summed E-state index contributed by atoms with van der Waals surface area (Å²) in [6, 6.07) is 18.1. The summed E-state index contributed by atoms with van der Waals surface area (Å²) in [5.41, 5.74) is 0.720. The van der Waals surface area contributed by atoms with Crippen LogP contribution < -0.4 is 4.74 Å². The van der Waals surface area contributed by atoms with E-state index in [1.165, 1.54) is 6.21 Å². The Bertz CT molecular complexity index is 506. The van der Waals surface area contributed by atoms with E-state index in [0.29, 0.717) is 5.75 Å². The highest BCUT2D eigenvalue weighted by Gasteiger charge is 1.99. The Labute approximate surface area is 99.4 Å². The Morgan fingerprint density at radius 3 is 2.18 bits per heavy atom. The van der Waals surface area contributed by atoms with Gasteiger partial charge in [0.15, 0.2) is 0 Å². The number of hydrogen-bond donors (Lipinski definition) is 0. The van der Waals surface area contributed by atoms with Crippen LogP contribution in [0.3, 0.4) is 0 Å². The minimum atomic E-state index is -0.486. The third kappa shape index (κ3) is 3.57. The molecule has 0 aliphatic heterocycles. The van der Waals surface area contributed by atoms with Gasteiger partial charge in [-0.2, -0.15) is 0 Å². The van der Waals surface area contributed by atoms with E-state index in [9.17, 15) is 4.79 Å². The minimum absolute atomic E-state index is 0.486. The molecule has 2 rings (SSSR count). The third-order valence-corrected chi connectivity index (χ3v) is 2.04. The van der Waals surface area contributed by atoms with Gasteiger partial charge in [-0.25, -0.2) is 9.79 Å². The number of benzene rings is 2. The summed E-state index contributed by atoms with van der Waals surface area (Å²) in [7, 11) is 0. The van der Waals surface area contributed by atoms with Crippen molar-refractivity contribution in [3.8, 4) is 5.75 Å². The molecule has 0 N–H and O–H groups in total. The topological polar surface area (TPSA) is 38.7 Å². The summed E-state index contributed by atoms with van der Waals surface area (Å²) in [4.78, 5) is 15.4. The highest BCUT2D eigenvalue weighted by atomic mass is 16.5. The molecule has 0 aliphatic rings. The predicted octanol–water partition coefficient (Wildman–Crippen LogP) is 2.99. The van der Waals surface area contributed by atoms with Crippen molar-refractivity contribution < 1.29 is 9.53 Å². The quantitative estimate of drug-likeness (QED) is 0.457. The van der Waals surface area contributed by atoms with Crippen LogP contribution in [0.1, 0.15) is 0 Å². The lowest BCUT2D eigenvalue weighted by Gasteiger charge is -1.99. The van der Waals surface area contributed by atoms with Crippen LogP contribution in [0.5, 0.6) is 5.75 Å². The van der Waals surface area contributed by atoms with Crippen LogP contribution in [-0.2, 0) is 4.79 Å². The average molecular weight is 225 g/mol. The van der Waals surface area contributed by atoms with Crippen LogP contribution in [-0.4, -0.2) is 12.2 Å². The van der Waals surface area contributed by atoms with Crippen molar-refractivity contribution in [2.45, 2.75) is 0 Å². The zero-order valence-electron chi connectivity index (χ0n) is 9.11. The predicted molar refractivity (Wildman–Crippen MR) is 66.7 cm³/mol. The highest BCUT2D eigenvalue weighted by molar-refractivity contribution is 6.24. The van der Waals surface area contributed by atoms with Crippen LogP contribution >= 0.6 is 0 Å². The van der Waals surface area contributed by atoms with Crippen molar-refractivity contribution in [3.63, 3.8) is 0 Å². The van der Waals surface area contributed by atoms with Gasteiger partial charge in [-0.3, -0.25) is 0 Å². The SMILES string of the molecule is O=C(C=Nc1ccccc1)Oc1ccccc1. The molecule has 0 saturated carbocycles. The maximum Gasteiger partial charge on any atom is 0.354 e. The molecule has 0 heterocycles. The molecule has 0 bridgehead atoms. The lowest BCUT2D eigenvalue weighted by Crippen LogP contribution is -2.08. The van der Waals surface area contributed by atoms with E-state index in [0.717, 1.165) is 5.69 Å². The summed E-state index contributed by atoms with van der Waals surface area (Å²) in [6.45, 7) is 0. The molecule has 3 nitrogen and oxygen atoms in total. The molecule has 0 radical (unpaired) electrons. The molecule has 0 fully saturated rings. The molecule has 2 aromatic carbocycles. The Hall–Kier alpha value is -2.42. The fourth-order valence-electron chi connectivity index (χ4n) is 1.27. The monoisotopic (exact) mass is 225 g/mol. The molecule has 84 valence electrons. The normalized spacial score (nSPS) is 10.4. The number of ether oxygens (including phenoxy) is 1. The lowest BCUT2D eigenvalue weighted by atomic mass is 10.3. The first-order chi connectivity index (χ1) is 8.34. The molecule has 0 atom stereocenters. The number of aliphatic imine (C=N–C) groups is 1. The van der Waals surface area contributed by atoms with Crippen molar-refractivity contribution in [3.05, 3.63) is 60.7 Å². The highest BCUT2D eigenvalue weighted by Crippen LogP contribution is 2.10. The maximum atomic E-state index is 11.4. The van der Waals surface area contributed by atoms with E-state index in [-0.39, 0.29) is 0 Å². The van der Waals surface area contributed by atoms with Gasteiger partial charge in [0.2, 0.25) is 0 Å². The third-order valence-electron chi connectivity index (χ3n) is 2.04. The number of para-hydroxylation sites is 2. The average Bonchev–Trinajstić information content (AvgIpc) is 2.39. The van der Waals surface area contributed by atoms with Crippen molar-refractivity contribution in [2.75, 3.05) is 0 Å². The lowest BCUT2D eigenvalue weighted by molar-refractivity contribution is -0.126. The van der Waals surface area contributed by atoms with Gasteiger partial charge in [-0.1, -0.05) is 36.4 Å². The van der Waals surface area contributed by atoms with Crippen LogP contribution in [0.4, 0.5) is 5.69 Å². The number of hydrogen-bond acceptors (Lipinski definition) is 3. The summed E-state index contributed by atoms with van der Waals surface area (Å²) in [6.07, 6.45) is 1.17. The van der Waals surface area contributed by atoms with Crippen LogP contribution in [0.15, 0.2) is 65.7 Å². The zero-order valence-corrected chi connectivity index (χ0v) is 9.11. The van der Waals surface area contributed by atoms with Gasteiger partial charge in [0.1, 0.15) is 12.0 Å². The van der Waals surface area contributed by atoms with Crippen LogP contribution in [0, 0.1) is 0 Å². The molecule has 17 heavy (non-hydrogen) atoms. The first-order valence-electron chi connectivity index (χ1n) is 5.20. The molecular weight excluding hydrogens is 214 g/mol. The Morgan fingerprint density at radius 2 is 1.53 bits per heavy atom. The van der Waals surface area contributed by atoms with E-state index < -0.39 is 5.97 Å². The molecule has 0 unspecified atom stereocenters. The van der Waals surface area contributed by atoms with Crippen molar-refractivity contribution in [1.29, 1.82) is 0 Å². The number of nitrogens with zero attached hydrogens (tertiary/aromatic N) is 1. The standard InChI is InChI=1S/C14H11NO2/c16-14(17-13-9-5-2-6-10-13)11-15-12-7-3-1-4-8-12/h1-11H. The Kier molecular flexibility index (Phi) is 3.65. The second-order valence-electron chi connectivity index (χ2n) is 3.33. The maximum absolute atomic E-state index is 11.4. The number of esters is 1. The molecule has 0 spiro atoms. The molecule has 0 aromatic heterocycles. The van der Waals surface area contributed by atoms with Gasteiger partial charge < -0.3 is 4.74 Å². The van der Waals surface area contributed by atoms with E-state index in [4.69, 9.17) is 4.74 Å². The molecule has 0 amide bonds. The fraction of sp³-hybridized carbons (Fsp3) is 0. The van der Waals surface area contributed by atoms with Crippen LogP contribution in [0.25, 0.3) is 0 Å². The van der Waals surface area contributed by atoms with E-state index in [1.54, 1.807) is 24.3 Å². The van der Waals surface area contributed by atoms with Gasteiger partial charge in [0, 0.05) is 0 Å². The van der Waals surface area contributed by atoms with Gasteiger partial charge in [-0.05, 0) is 24.3 Å².